The highest BCUT2D eigenvalue weighted by atomic mass is 15.2. The molecule has 0 atom stereocenters. The van der Waals surface area contributed by atoms with Gasteiger partial charge in [-0.15, -0.1) is 0 Å². The Labute approximate surface area is 119 Å². The molecule has 112 valence electrons. The first-order chi connectivity index (χ1) is 9.26. The third-order valence-corrected chi connectivity index (χ3v) is 3.98. The minimum atomic E-state index is 0.891. The Kier molecular flexibility index (Phi) is 8.63. The molecule has 0 aromatic heterocycles. The Bertz CT molecular complexity index is 245. The highest BCUT2D eigenvalue weighted by Crippen LogP contribution is 2.18. The number of hydrogen-bond acceptors (Lipinski definition) is 2. The van der Waals surface area contributed by atoms with E-state index >= 15 is 0 Å². The Morgan fingerprint density at radius 1 is 1.16 bits per heavy atom. The number of hydrogen-bond donors (Lipinski definition) is 2. The third kappa shape index (κ3) is 7.41. The molecule has 0 radical (unpaired) electrons. The van der Waals surface area contributed by atoms with Crippen LogP contribution in [0.15, 0.2) is 4.99 Å². The molecule has 0 aromatic rings. The minimum Gasteiger partial charge on any atom is -0.356 e. The molecule has 1 fully saturated rings. The zero-order valence-corrected chi connectivity index (χ0v) is 13.0. The van der Waals surface area contributed by atoms with Gasteiger partial charge in [0.05, 0.1) is 0 Å². The molecule has 0 amide bonds. The lowest BCUT2D eigenvalue weighted by atomic mass is 9.94. The normalized spacial score (nSPS) is 18.6. The van der Waals surface area contributed by atoms with Crippen molar-refractivity contribution in [1.82, 2.24) is 15.5 Å². The summed E-state index contributed by atoms with van der Waals surface area (Å²) in [5, 5.41) is 6.81. The van der Waals surface area contributed by atoms with Gasteiger partial charge in [-0.05, 0) is 51.7 Å². The van der Waals surface area contributed by atoms with Gasteiger partial charge in [-0.1, -0.05) is 19.8 Å². The molecule has 0 saturated carbocycles. The van der Waals surface area contributed by atoms with E-state index in [2.05, 4.69) is 34.5 Å². The third-order valence-electron chi connectivity index (χ3n) is 3.98. The van der Waals surface area contributed by atoms with E-state index in [0.717, 1.165) is 25.0 Å². The van der Waals surface area contributed by atoms with Crippen LogP contribution in [0.2, 0.25) is 0 Å². The Morgan fingerprint density at radius 2 is 1.84 bits per heavy atom. The number of likely N-dealkylation sites (tertiary alicyclic amines) is 1. The number of aliphatic imine (C=N–C) groups is 1. The molecule has 4 heteroatoms. The second-order valence-corrected chi connectivity index (χ2v) is 5.67. The average molecular weight is 268 g/mol. The zero-order chi connectivity index (χ0) is 13.9. The van der Waals surface area contributed by atoms with E-state index in [4.69, 9.17) is 0 Å². The molecule has 0 aromatic carbocycles. The van der Waals surface area contributed by atoms with Crippen molar-refractivity contribution < 1.29 is 0 Å². The van der Waals surface area contributed by atoms with Crippen molar-refractivity contribution in [3.63, 3.8) is 0 Å². The minimum absolute atomic E-state index is 0.891. The van der Waals surface area contributed by atoms with E-state index in [1.807, 2.05) is 7.05 Å². The molecule has 1 aliphatic heterocycles. The smallest absolute Gasteiger partial charge is 0.190 e. The molecule has 2 N–H and O–H groups in total. The number of guanidine groups is 1. The van der Waals surface area contributed by atoms with Crippen LogP contribution in [-0.2, 0) is 0 Å². The number of unbranched alkanes of at least 4 members (excludes halogenated alkanes) is 2. The van der Waals surface area contributed by atoms with Crippen LogP contribution in [-0.4, -0.2) is 51.1 Å². The fraction of sp³-hybridized carbons (Fsp3) is 0.933. The summed E-state index contributed by atoms with van der Waals surface area (Å²) in [6.45, 7) is 6.82. The SMILES string of the molecule is CCCCCNC(=NC)NCCC1CCN(C)CC1. The van der Waals surface area contributed by atoms with Crippen LogP contribution in [0.1, 0.15) is 45.4 Å². The molecular formula is C15H32N4. The number of nitrogens with one attached hydrogen (secondary N) is 2. The predicted octanol–water partition coefficient (Wildman–Crippen LogP) is 2.07. The maximum atomic E-state index is 4.27. The maximum Gasteiger partial charge on any atom is 0.190 e. The van der Waals surface area contributed by atoms with Crippen molar-refractivity contribution in [1.29, 1.82) is 0 Å². The van der Waals surface area contributed by atoms with E-state index in [0.29, 0.717) is 0 Å². The van der Waals surface area contributed by atoms with Gasteiger partial charge in [-0.3, -0.25) is 4.99 Å². The lowest BCUT2D eigenvalue weighted by molar-refractivity contribution is 0.213. The van der Waals surface area contributed by atoms with Crippen molar-refractivity contribution >= 4 is 5.96 Å². The molecule has 0 unspecified atom stereocenters. The summed E-state index contributed by atoms with van der Waals surface area (Å²) < 4.78 is 0. The first-order valence-electron chi connectivity index (χ1n) is 7.89. The molecular weight excluding hydrogens is 236 g/mol. The average Bonchev–Trinajstić information content (AvgIpc) is 2.43. The molecule has 0 aliphatic carbocycles. The predicted molar refractivity (Wildman–Crippen MR) is 83.7 cm³/mol. The Morgan fingerprint density at radius 3 is 2.47 bits per heavy atom. The van der Waals surface area contributed by atoms with Crippen molar-refractivity contribution in [2.24, 2.45) is 10.9 Å². The quantitative estimate of drug-likeness (QED) is 0.422. The lowest BCUT2D eigenvalue weighted by Gasteiger charge is -2.29. The summed E-state index contributed by atoms with van der Waals surface area (Å²) in [5.41, 5.74) is 0. The molecule has 1 saturated heterocycles. The first-order valence-corrected chi connectivity index (χ1v) is 7.89. The molecule has 1 heterocycles. The van der Waals surface area contributed by atoms with E-state index in [1.54, 1.807) is 0 Å². The first kappa shape index (κ1) is 16.3. The number of piperidine rings is 1. The number of nitrogens with zero attached hydrogens (tertiary/aromatic N) is 2. The largest absolute Gasteiger partial charge is 0.356 e. The molecule has 1 aliphatic rings. The van der Waals surface area contributed by atoms with Crippen LogP contribution < -0.4 is 10.6 Å². The van der Waals surface area contributed by atoms with Crippen LogP contribution in [0, 0.1) is 5.92 Å². The highest BCUT2D eigenvalue weighted by molar-refractivity contribution is 5.79. The Balaban J connectivity index is 2.06. The van der Waals surface area contributed by atoms with Gasteiger partial charge < -0.3 is 15.5 Å². The number of rotatable bonds is 7. The summed E-state index contributed by atoms with van der Waals surface area (Å²) >= 11 is 0. The van der Waals surface area contributed by atoms with Crippen molar-refractivity contribution in [2.45, 2.75) is 45.4 Å². The molecule has 0 spiro atoms. The van der Waals surface area contributed by atoms with Gasteiger partial charge in [0.25, 0.3) is 0 Å². The second kappa shape index (κ2) is 10.1. The monoisotopic (exact) mass is 268 g/mol. The van der Waals surface area contributed by atoms with Gasteiger partial charge in [0.1, 0.15) is 0 Å². The van der Waals surface area contributed by atoms with E-state index in [1.165, 1.54) is 51.6 Å². The molecule has 1 rings (SSSR count). The van der Waals surface area contributed by atoms with Crippen LogP contribution in [0.3, 0.4) is 0 Å². The van der Waals surface area contributed by atoms with Crippen LogP contribution in [0.25, 0.3) is 0 Å². The van der Waals surface area contributed by atoms with Crippen molar-refractivity contribution in [2.75, 3.05) is 40.3 Å². The fourth-order valence-electron chi connectivity index (χ4n) is 2.55. The van der Waals surface area contributed by atoms with Crippen LogP contribution in [0.4, 0.5) is 0 Å². The van der Waals surface area contributed by atoms with Gasteiger partial charge in [-0.2, -0.15) is 0 Å². The van der Waals surface area contributed by atoms with Crippen molar-refractivity contribution in [3.05, 3.63) is 0 Å². The van der Waals surface area contributed by atoms with E-state index in [9.17, 15) is 0 Å². The highest BCUT2D eigenvalue weighted by Gasteiger charge is 2.15. The van der Waals surface area contributed by atoms with Crippen LogP contribution >= 0.6 is 0 Å². The fourth-order valence-corrected chi connectivity index (χ4v) is 2.55. The van der Waals surface area contributed by atoms with Gasteiger partial charge in [0.2, 0.25) is 0 Å². The van der Waals surface area contributed by atoms with Gasteiger partial charge >= 0.3 is 0 Å². The summed E-state index contributed by atoms with van der Waals surface area (Å²) in [6.07, 6.45) is 7.75. The maximum absolute atomic E-state index is 4.27. The standard InChI is InChI=1S/C15H32N4/c1-4-5-6-10-17-15(16-2)18-11-7-14-8-12-19(3)13-9-14/h14H,4-13H2,1-3H3,(H2,16,17,18). The van der Waals surface area contributed by atoms with Gasteiger partial charge in [0.15, 0.2) is 5.96 Å². The van der Waals surface area contributed by atoms with Gasteiger partial charge in [-0.25, -0.2) is 0 Å². The summed E-state index contributed by atoms with van der Waals surface area (Å²) in [4.78, 5) is 6.70. The zero-order valence-electron chi connectivity index (χ0n) is 13.0. The second-order valence-electron chi connectivity index (χ2n) is 5.67. The summed E-state index contributed by atoms with van der Waals surface area (Å²) in [5.74, 6) is 1.85. The summed E-state index contributed by atoms with van der Waals surface area (Å²) in [7, 11) is 4.07. The topological polar surface area (TPSA) is 39.7 Å². The molecule has 0 bridgehead atoms. The van der Waals surface area contributed by atoms with Crippen LogP contribution in [0.5, 0.6) is 0 Å². The van der Waals surface area contributed by atoms with E-state index in [-0.39, 0.29) is 0 Å². The van der Waals surface area contributed by atoms with Crippen molar-refractivity contribution in [3.8, 4) is 0 Å². The lowest BCUT2D eigenvalue weighted by Crippen LogP contribution is -2.39. The Hall–Kier alpha value is -0.770. The van der Waals surface area contributed by atoms with Gasteiger partial charge in [0, 0.05) is 20.1 Å². The van der Waals surface area contributed by atoms with E-state index < -0.39 is 0 Å². The molecule has 19 heavy (non-hydrogen) atoms. The summed E-state index contributed by atoms with van der Waals surface area (Å²) in [6, 6.07) is 0. The molecule has 4 nitrogen and oxygen atoms in total.